The van der Waals surface area contributed by atoms with E-state index in [1.54, 1.807) is 6.08 Å². The van der Waals surface area contributed by atoms with Gasteiger partial charge in [0.05, 0.1) is 17.6 Å². The van der Waals surface area contributed by atoms with E-state index >= 15 is 0 Å². The van der Waals surface area contributed by atoms with Crippen LogP contribution in [0.5, 0.6) is 11.5 Å². The Morgan fingerprint density at radius 3 is 3.07 bits per heavy atom. The molecule has 4 rings (SSSR count). The molecule has 1 aliphatic rings. The molecule has 2 aromatic carbocycles. The summed E-state index contributed by atoms with van der Waals surface area (Å²) < 4.78 is 11.5. The molecule has 1 aliphatic heterocycles. The number of amides is 1. The first-order valence-corrected chi connectivity index (χ1v) is 9.02. The quantitative estimate of drug-likeness (QED) is 0.673. The Labute approximate surface area is 157 Å². The number of imidazole rings is 1. The molecule has 0 aliphatic carbocycles. The standard InChI is InChI=1S/C21H21N3O3/c1-3-26-18-12-15-10-13(2)27-19(15)11-14(18)8-9-20(25)24-21-22-16-6-4-5-7-17(16)23-21/h4-9,11-13H,3,10H2,1-2H3,(H2,22,23,24,25)/b9-8+. The summed E-state index contributed by atoms with van der Waals surface area (Å²) >= 11 is 0. The van der Waals surface area contributed by atoms with Gasteiger partial charge in [-0.05, 0) is 44.2 Å². The molecule has 0 saturated heterocycles. The molecule has 2 N–H and O–H groups in total. The molecular formula is C21H21N3O3. The van der Waals surface area contributed by atoms with Crippen molar-refractivity contribution in [1.82, 2.24) is 9.97 Å². The van der Waals surface area contributed by atoms with E-state index in [1.165, 1.54) is 6.08 Å². The van der Waals surface area contributed by atoms with E-state index in [-0.39, 0.29) is 12.0 Å². The lowest BCUT2D eigenvalue weighted by Gasteiger charge is -2.10. The Morgan fingerprint density at radius 1 is 1.41 bits per heavy atom. The number of hydrogen-bond donors (Lipinski definition) is 2. The number of nitrogens with one attached hydrogen (secondary N) is 2. The molecule has 3 aromatic rings. The third-order valence-corrected chi connectivity index (χ3v) is 4.37. The van der Waals surface area contributed by atoms with Gasteiger partial charge in [-0.2, -0.15) is 0 Å². The van der Waals surface area contributed by atoms with E-state index < -0.39 is 0 Å². The molecule has 1 amide bonds. The smallest absolute Gasteiger partial charge is 0.250 e. The minimum absolute atomic E-state index is 0.157. The third-order valence-electron chi connectivity index (χ3n) is 4.37. The topological polar surface area (TPSA) is 76.2 Å². The summed E-state index contributed by atoms with van der Waals surface area (Å²) in [6.07, 6.45) is 4.22. The summed E-state index contributed by atoms with van der Waals surface area (Å²) in [4.78, 5) is 19.7. The summed E-state index contributed by atoms with van der Waals surface area (Å²) in [6.45, 7) is 4.53. The number of ether oxygens (including phenoxy) is 2. The van der Waals surface area contributed by atoms with Crippen molar-refractivity contribution in [2.45, 2.75) is 26.4 Å². The molecule has 138 valence electrons. The number of H-pyrrole nitrogens is 1. The lowest BCUT2D eigenvalue weighted by atomic mass is 10.1. The lowest BCUT2D eigenvalue weighted by molar-refractivity contribution is -0.111. The Balaban J connectivity index is 1.53. The summed E-state index contributed by atoms with van der Waals surface area (Å²) in [5.41, 5.74) is 3.62. The summed E-state index contributed by atoms with van der Waals surface area (Å²) in [7, 11) is 0. The van der Waals surface area contributed by atoms with Crippen LogP contribution in [0.3, 0.4) is 0 Å². The molecule has 0 radical (unpaired) electrons. The van der Waals surface area contributed by atoms with E-state index in [2.05, 4.69) is 15.3 Å². The van der Waals surface area contributed by atoms with Crippen molar-refractivity contribution in [1.29, 1.82) is 0 Å². The van der Waals surface area contributed by atoms with Crippen molar-refractivity contribution in [2.75, 3.05) is 11.9 Å². The zero-order valence-electron chi connectivity index (χ0n) is 15.3. The van der Waals surface area contributed by atoms with Crippen molar-refractivity contribution in [2.24, 2.45) is 0 Å². The van der Waals surface area contributed by atoms with Crippen molar-refractivity contribution >= 4 is 29.0 Å². The number of aromatic nitrogens is 2. The lowest BCUT2D eigenvalue weighted by Crippen LogP contribution is -2.09. The second kappa shape index (κ2) is 7.15. The van der Waals surface area contributed by atoms with E-state index in [1.807, 2.05) is 50.2 Å². The fraction of sp³-hybridized carbons (Fsp3) is 0.238. The maximum atomic E-state index is 12.3. The number of nitrogens with zero attached hydrogens (tertiary/aromatic N) is 1. The molecule has 0 fully saturated rings. The SMILES string of the molecule is CCOc1cc2c(cc1/C=C/C(=O)Nc1nc3ccccc3[nH]1)OC(C)C2. The number of carbonyl (C=O) groups is 1. The molecule has 0 spiro atoms. The zero-order valence-corrected chi connectivity index (χ0v) is 15.3. The normalized spacial score (nSPS) is 15.7. The van der Waals surface area contributed by atoms with Crippen LogP contribution in [0.25, 0.3) is 17.1 Å². The van der Waals surface area contributed by atoms with Gasteiger partial charge in [-0.15, -0.1) is 0 Å². The number of aromatic amines is 1. The van der Waals surface area contributed by atoms with Gasteiger partial charge in [-0.3, -0.25) is 10.1 Å². The molecular weight excluding hydrogens is 342 g/mol. The highest BCUT2D eigenvalue weighted by molar-refractivity contribution is 6.01. The average Bonchev–Trinajstić information content (AvgIpc) is 3.21. The summed E-state index contributed by atoms with van der Waals surface area (Å²) in [5.74, 6) is 1.75. The highest BCUT2D eigenvalue weighted by Crippen LogP contribution is 2.35. The Morgan fingerprint density at radius 2 is 2.26 bits per heavy atom. The van der Waals surface area contributed by atoms with E-state index in [0.29, 0.717) is 12.6 Å². The van der Waals surface area contributed by atoms with Gasteiger partial charge >= 0.3 is 0 Å². The number of benzene rings is 2. The van der Waals surface area contributed by atoms with Crippen molar-refractivity contribution in [3.8, 4) is 11.5 Å². The first-order valence-electron chi connectivity index (χ1n) is 9.02. The minimum atomic E-state index is -0.272. The Bertz CT molecular complexity index is 990. The van der Waals surface area contributed by atoms with Gasteiger partial charge < -0.3 is 14.5 Å². The molecule has 6 heteroatoms. The number of para-hydroxylation sites is 2. The predicted octanol–water partition coefficient (Wildman–Crippen LogP) is 3.94. The number of fused-ring (bicyclic) bond motifs is 2. The minimum Gasteiger partial charge on any atom is -0.493 e. The fourth-order valence-corrected chi connectivity index (χ4v) is 3.20. The molecule has 1 aromatic heterocycles. The van der Waals surface area contributed by atoms with Crippen molar-refractivity contribution in [3.63, 3.8) is 0 Å². The Hall–Kier alpha value is -3.28. The molecule has 1 unspecified atom stereocenters. The molecule has 6 nitrogen and oxygen atoms in total. The van der Waals surface area contributed by atoms with Crippen LogP contribution in [-0.2, 0) is 11.2 Å². The third kappa shape index (κ3) is 3.65. The van der Waals surface area contributed by atoms with Gasteiger partial charge in [-0.1, -0.05) is 12.1 Å². The largest absolute Gasteiger partial charge is 0.493 e. The van der Waals surface area contributed by atoms with E-state index in [9.17, 15) is 4.79 Å². The number of carbonyl (C=O) groups excluding carboxylic acids is 1. The molecule has 0 saturated carbocycles. The van der Waals surface area contributed by atoms with Gasteiger partial charge in [0.25, 0.3) is 5.91 Å². The summed E-state index contributed by atoms with van der Waals surface area (Å²) in [6, 6.07) is 11.5. The van der Waals surface area contributed by atoms with Crippen LogP contribution in [0.15, 0.2) is 42.5 Å². The van der Waals surface area contributed by atoms with Gasteiger partial charge in [0, 0.05) is 23.6 Å². The first kappa shape index (κ1) is 17.1. The predicted molar refractivity (Wildman–Crippen MR) is 105 cm³/mol. The van der Waals surface area contributed by atoms with Crippen LogP contribution in [0.1, 0.15) is 25.0 Å². The van der Waals surface area contributed by atoms with Gasteiger partial charge in [0.2, 0.25) is 5.95 Å². The Kier molecular flexibility index (Phi) is 4.54. The van der Waals surface area contributed by atoms with Crippen LogP contribution in [-0.4, -0.2) is 28.6 Å². The molecule has 2 heterocycles. The van der Waals surface area contributed by atoms with Crippen LogP contribution in [0.4, 0.5) is 5.95 Å². The van der Waals surface area contributed by atoms with E-state index in [4.69, 9.17) is 9.47 Å². The van der Waals surface area contributed by atoms with Crippen LogP contribution >= 0.6 is 0 Å². The van der Waals surface area contributed by atoms with Crippen molar-refractivity contribution < 1.29 is 14.3 Å². The van der Waals surface area contributed by atoms with E-state index in [0.717, 1.165) is 40.1 Å². The maximum absolute atomic E-state index is 12.3. The average molecular weight is 363 g/mol. The molecule has 1 atom stereocenters. The number of hydrogen-bond acceptors (Lipinski definition) is 4. The second-order valence-electron chi connectivity index (χ2n) is 6.49. The second-order valence-corrected chi connectivity index (χ2v) is 6.49. The highest BCUT2D eigenvalue weighted by atomic mass is 16.5. The molecule has 0 bridgehead atoms. The van der Waals surface area contributed by atoms with Crippen molar-refractivity contribution in [3.05, 3.63) is 53.6 Å². The van der Waals surface area contributed by atoms with Crippen LogP contribution in [0, 0.1) is 0 Å². The van der Waals surface area contributed by atoms with Crippen LogP contribution < -0.4 is 14.8 Å². The summed E-state index contributed by atoms with van der Waals surface area (Å²) in [5, 5.41) is 2.75. The number of anilines is 1. The first-order chi connectivity index (χ1) is 13.1. The van der Waals surface area contributed by atoms with Gasteiger partial charge in [0.1, 0.15) is 17.6 Å². The highest BCUT2D eigenvalue weighted by Gasteiger charge is 2.21. The van der Waals surface area contributed by atoms with Gasteiger partial charge in [0.15, 0.2) is 0 Å². The fourth-order valence-electron chi connectivity index (χ4n) is 3.20. The van der Waals surface area contributed by atoms with Gasteiger partial charge in [-0.25, -0.2) is 4.98 Å². The molecule has 27 heavy (non-hydrogen) atoms. The maximum Gasteiger partial charge on any atom is 0.250 e. The van der Waals surface area contributed by atoms with Crippen LogP contribution in [0.2, 0.25) is 0 Å². The zero-order chi connectivity index (χ0) is 18.8. The number of rotatable bonds is 5. The monoisotopic (exact) mass is 363 g/mol.